The highest BCUT2D eigenvalue weighted by Gasteiger charge is 2.17. The largest absolute Gasteiger partial charge is 0.380 e. The summed E-state index contributed by atoms with van der Waals surface area (Å²) >= 11 is -0.315. The average molecular weight is 519 g/mol. The number of unbranched alkanes of at least 4 members (excludes halogenated alkanes) is 9. The van der Waals surface area contributed by atoms with Crippen molar-refractivity contribution in [1.29, 1.82) is 0 Å². The number of hydrogen-bond acceptors (Lipinski definition) is 5. The van der Waals surface area contributed by atoms with Crippen LogP contribution in [0.1, 0.15) is 94.0 Å². The first-order valence-electron chi connectivity index (χ1n) is 13.0. The van der Waals surface area contributed by atoms with Gasteiger partial charge in [-0.05, 0) is 48.9 Å². The minimum atomic E-state index is -1.95. The molecule has 2 atom stereocenters. The van der Waals surface area contributed by atoms with Crippen molar-refractivity contribution in [2.75, 3.05) is 12.9 Å². The predicted octanol–water partition coefficient (Wildman–Crippen LogP) is 8.37. The van der Waals surface area contributed by atoms with Gasteiger partial charge in [0, 0.05) is 16.4 Å². The lowest BCUT2D eigenvalue weighted by Crippen LogP contribution is -2.19. The molecular weight excluding hydrogens is 476 g/mol. The summed E-state index contributed by atoms with van der Waals surface area (Å²) in [7, 11) is 0. The first kappa shape index (κ1) is 29.6. The maximum Gasteiger partial charge on any atom is 0.360 e. The molecule has 194 valence electrons. The third-order valence-corrected chi connectivity index (χ3v) is 7.54. The Labute approximate surface area is 219 Å². The van der Waals surface area contributed by atoms with Crippen LogP contribution < -0.4 is 4.18 Å². The summed E-state index contributed by atoms with van der Waals surface area (Å²) in [5.74, 6) is 0.0545. The van der Waals surface area contributed by atoms with E-state index < -0.39 is 17.3 Å². The summed E-state index contributed by atoms with van der Waals surface area (Å²) < 4.78 is 22.8. The third-order valence-electron chi connectivity index (χ3n) is 6.14. The minimum absolute atomic E-state index is 0.0343. The number of rotatable bonds is 19. The molecule has 0 bridgehead atoms. The van der Waals surface area contributed by atoms with E-state index in [0.717, 1.165) is 11.3 Å². The molecule has 35 heavy (non-hydrogen) atoms. The Kier molecular flexibility index (Phi) is 15.0. The topological polar surface area (TPSA) is 52.6 Å². The van der Waals surface area contributed by atoms with Gasteiger partial charge in [-0.1, -0.05) is 95.9 Å². The maximum atomic E-state index is 12.5. The van der Waals surface area contributed by atoms with E-state index in [4.69, 9.17) is 8.37 Å². The van der Waals surface area contributed by atoms with Crippen LogP contribution in [0.4, 0.5) is 0 Å². The van der Waals surface area contributed by atoms with Crippen LogP contribution >= 0.6 is 11.8 Å². The highest BCUT2D eigenvalue weighted by atomic mass is 32.2. The smallest absolute Gasteiger partial charge is 0.360 e. The standard InChI is InChI=1S/C29H42O4S2/c1-4-5-6-7-8-9-10-11-12-13-14-25-15-19-27(20-16-25)33-35(31)32-23-24(2)29(30)26-17-21-28(34-3)22-18-26/h15-22,24H,4-14,23H2,1-3H3. The number of ketones is 1. The molecule has 4 nitrogen and oxygen atoms in total. The molecule has 0 saturated carbocycles. The quantitative estimate of drug-likeness (QED) is 0.106. The van der Waals surface area contributed by atoms with Crippen LogP contribution in [0.5, 0.6) is 5.75 Å². The summed E-state index contributed by atoms with van der Waals surface area (Å²) in [5, 5.41) is 0. The summed E-state index contributed by atoms with van der Waals surface area (Å²) in [6.45, 7) is 4.06. The fourth-order valence-corrected chi connectivity index (χ4v) is 4.94. The van der Waals surface area contributed by atoms with Crippen molar-refractivity contribution < 1.29 is 17.4 Å². The molecule has 2 rings (SSSR count). The zero-order chi connectivity index (χ0) is 25.3. The molecule has 0 aromatic heterocycles. The molecule has 2 unspecified atom stereocenters. The Hall–Kier alpha value is -1.63. The molecule has 0 spiro atoms. The molecule has 0 aliphatic carbocycles. The van der Waals surface area contributed by atoms with E-state index >= 15 is 0 Å². The summed E-state index contributed by atoms with van der Waals surface area (Å²) in [6, 6.07) is 15.2. The maximum absolute atomic E-state index is 12.5. The van der Waals surface area contributed by atoms with Crippen molar-refractivity contribution in [1.82, 2.24) is 0 Å². The van der Waals surface area contributed by atoms with Crippen molar-refractivity contribution in [2.24, 2.45) is 5.92 Å². The van der Waals surface area contributed by atoms with Crippen LogP contribution in [-0.4, -0.2) is 22.9 Å². The molecule has 2 aromatic rings. The first-order valence-corrected chi connectivity index (χ1v) is 15.3. The molecule has 0 saturated heterocycles. The Bertz CT molecular complexity index is 865. The van der Waals surface area contributed by atoms with E-state index in [1.165, 1.54) is 69.8 Å². The van der Waals surface area contributed by atoms with Crippen LogP contribution in [0.15, 0.2) is 53.4 Å². The second-order valence-electron chi connectivity index (χ2n) is 9.14. The highest BCUT2D eigenvalue weighted by molar-refractivity contribution is 7.98. The number of carbonyl (C=O) groups excluding carboxylic acids is 1. The van der Waals surface area contributed by atoms with Crippen LogP contribution in [0.3, 0.4) is 0 Å². The van der Waals surface area contributed by atoms with Crippen molar-refractivity contribution in [3.63, 3.8) is 0 Å². The molecular formula is C29H42O4S2. The third kappa shape index (κ3) is 12.2. The van der Waals surface area contributed by atoms with Gasteiger partial charge in [0.2, 0.25) is 0 Å². The predicted molar refractivity (Wildman–Crippen MR) is 148 cm³/mol. The second kappa shape index (κ2) is 17.7. The van der Waals surface area contributed by atoms with Crippen molar-refractivity contribution >= 4 is 28.9 Å². The molecule has 0 amide bonds. The molecule has 0 aliphatic rings. The van der Waals surface area contributed by atoms with Gasteiger partial charge in [-0.25, -0.2) is 0 Å². The number of benzene rings is 2. The monoisotopic (exact) mass is 518 g/mol. The van der Waals surface area contributed by atoms with Gasteiger partial charge < -0.3 is 4.18 Å². The minimum Gasteiger partial charge on any atom is -0.380 e. The highest BCUT2D eigenvalue weighted by Crippen LogP contribution is 2.19. The van der Waals surface area contributed by atoms with Crippen molar-refractivity contribution in [3.8, 4) is 5.75 Å². The second-order valence-corrected chi connectivity index (χ2v) is 10.8. The number of hydrogen-bond donors (Lipinski definition) is 0. The SMILES string of the molecule is CCCCCCCCCCCCc1ccc(OS(=O)OCC(C)C(=O)c2ccc(SC)cc2)cc1. The first-order chi connectivity index (χ1) is 17.0. The zero-order valence-electron chi connectivity index (χ0n) is 21.6. The van der Waals surface area contributed by atoms with Crippen LogP contribution in [0.25, 0.3) is 0 Å². The number of Topliss-reactive ketones (excluding diaryl/α,β-unsaturated/α-hetero) is 1. The van der Waals surface area contributed by atoms with Crippen LogP contribution in [-0.2, 0) is 22.0 Å². The van der Waals surface area contributed by atoms with E-state index in [0.29, 0.717) is 11.3 Å². The van der Waals surface area contributed by atoms with Gasteiger partial charge in [-0.15, -0.1) is 11.8 Å². The summed E-state index contributed by atoms with van der Waals surface area (Å²) in [6.07, 6.45) is 16.4. The normalized spacial score (nSPS) is 12.9. The Morgan fingerprint density at radius 2 is 1.43 bits per heavy atom. The average Bonchev–Trinajstić information content (AvgIpc) is 2.89. The fourth-order valence-electron chi connectivity index (χ4n) is 3.90. The molecule has 0 N–H and O–H groups in total. The van der Waals surface area contributed by atoms with E-state index in [-0.39, 0.29) is 12.4 Å². The van der Waals surface area contributed by atoms with Gasteiger partial charge in [0.05, 0.1) is 6.61 Å². The summed E-state index contributed by atoms with van der Waals surface area (Å²) in [4.78, 5) is 13.6. The Morgan fingerprint density at radius 1 is 0.857 bits per heavy atom. The van der Waals surface area contributed by atoms with E-state index in [2.05, 4.69) is 6.92 Å². The number of carbonyl (C=O) groups is 1. The Morgan fingerprint density at radius 3 is 2.00 bits per heavy atom. The van der Waals surface area contributed by atoms with Gasteiger partial charge in [0.25, 0.3) is 0 Å². The molecule has 0 fully saturated rings. The van der Waals surface area contributed by atoms with E-state index in [1.807, 2.05) is 54.8 Å². The lowest BCUT2D eigenvalue weighted by atomic mass is 10.0. The molecule has 6 heteroatoms. The van der Waals surface area contributed by atoms with Gasteiger partial charge >= 0.3 is 11.4 Å². The van der Waals surface area contributed by atoms with Gasteiger partial charge in [-0.2, -0.15) is 4.21 Å². The number of aryl methyl sites for hydroxylation is 1. The summed E-state index contributed by atoms with van der Waals surface area (Å²) in [5.41, 5.74) is 1.89. The molecule has 2 aromatic carbocycles. The van der Waals surface area contributed by atoms with Crippen molar-refractivity contribution in [2.45, 2.75) is 89.4 Å². The Balaban J connectivity index is 1.60. The molecule has 0 radical (unpaired) electrons. The van der Waals surface area contributed by atoms with Crippen molar-refractivity contribution in [3.05, 3.63) is 59.7 Å². The van der Waals surface area contributed by atoms with Crippen LogP contribution in [0.2, 0.25) is 0 Å². The zero-order valence-corrected chi connectivity index (χ0v) is 23.3. The molecule has 0 heterocycles. The van der Waals surface area contributed by atoms with E-state index in [9.17, 15) is 9.00 Å². The van der Waals surface area contributed by atoms with E-state index in [1.54, 1.807) is 18.7 Å². The fraction of sp³-hybridized carbons (Fsp3) is 0.552. The van der Waals surface area contributed by atoms with Gasteiger partial charge in [0.15, 0.2) is 5.78 Å². The van der Waals surface area contributed by atoms with Gasteiger partial charge in [-0.3, -0.25) is 8.98 Å². The number of thioether (sulfide) groups is 1. The lowest BCUT2D eigenvalue weighted by Gasteiger charge is -2.11. The lowest BCUT2D eigenvalue weighted by molar-refractivity contribution is 0.0892. The molecule has 0 aliphatic heterocycles. The van der Waals surface area contributed by atoms with Crippen LogP contribution in [0, 0.1) is 5.92 Å². The van der Waals surface area contributed by atoms with Gasteiger partial charge in [0.1, 0.15) is 5.75 Å².